The van der Waals surface area contributed by atoms with Crippen LogP contribution < -0.4 is 5.32 Å². The normalized spacial score (nSPS) is 15.7. The summed E-state index contributed by atoms with van der Waals surface area (Å²) in [6, 6.07) is 4.20. The van der Waals surface area contributed by atoms with Crippen molar-refractivity contribution in [3.05, 3.63) is 29.6 Å². The summed E-state index contributed by atoms with van der Waals surface area (Å²) in [6.45, 7) is 8.88. The highest BCUT2D eigenvalue weighted by molar-refractivity contribution is 5.13. The van der Waals surface area contributed by atoms with E-state index >= 15 is 0 Å². The van der Waals surface area contributed by atoms with Crippen molar-refractivity contribution in [1.82, 2.24) is 10.3 Å². The Morgan fingerprint density at radius 2 is 2.11 bits per heavy atom. The molecule has 3 nitrogen and oxygen atoms in total. The van der Waals surface area contributed by atoms with Crippen LogP contribution in [0, 0.1) is 5.92 Å². The van der Waals surface area contributed by atoms with Gasteiger partial charge in [-0.3, -0.25) is 4.98 Å². The molecule has 2 rings (SSSR count). The monoisotopic (exact) mass is 262 g/mol. The van der Waals surface area contributed by atoms with E-state index in [9.17, 15) is 0 Å². The van der Waals surface area contributed by atoms with E-state index in [0.717, 1.165) is 24.8 Å². The van der Waals surface area contributed by atoms with E-state index < -0.39 is 0 Å². The molecule has 0 radical (unpaired) electrons. The zero-order valence-corrected chi connectivity index (χ0v) is 12.4. The minimum absolute atomic E-state index is 0.143. The minimum Gasteiger partial charge on any atom is -0.375 e. The quantitative estimate of drug-likeness (QED) is 0.766. The third-order valence-corrected chi connectivity index (χ3v) is 3.33. The van der Waals surface area contributed by atoms with Crippen LogP contribution in [0.1, 0.15) is 51.3 Å². The fraction of sp³-hybridized carbons (Fsp3) is 0.688. The van der Waals surface area contributed by atoms with Gasteiger partial charge in [0.25, 0.3) is 0 Å². The lowest BCUT2D eigenvalue weighted by atomic mass is 10.1. The van der Waals surface area contributed by atoms with E-state index in [1.807, 2.05) is 6.20 Å². The molecule has 1 aliphatic rings. The summed E-state index contributed by atoms with van der Waals surface area (Å²) >= 11 is 0. The van der Waals surface area contributed by atoms with Crippen molar-refractivity contribution >= 4 is 0 Å². The van der Waals surface area contributed by atoms with Gasteiger partial charge in [0, 0.05) is 24.9 Å². The van der Waals surface area contributed by atoms with Gasteiger partial charge in [-0.15, -0.1) is 0 Å². The Labute approximate surface area is 116 Å². The Hall–Kier alpha value is -0.930. The lowest BCUT2D eigenvalue weighted by Gasteiger charge is -2.20. The first-order chi connectivity index (χ1) is 9.03. The third-order valence-electron chi connectivity index (χ3n) is 3.33. The second kappa shape index (κ2) is 6.49. The fourth-order valence-electron chi connectivity index (χ4n) is 1.85. The van der Waals surface area contributed by atoms with E-state index in [1.165, 1.54) is 24.8 Å². The van der Waals surface area contributed by atoms with E-state index in [-0.39, 0.29) is 5.54 Å². The van der Waals surface area contributed by atoms with E-state index in [2.05, 4.69) is 43.2 Å². The summed E-state index contributed by atoms with van der Waals surface area (Å²) < 4.78 is 5.65. The summed E-state index contributed by atoms with van der Waals surface area (Å²) in [7, 11) is 0. The molecule has 1 aliphatic carbocycles. The lowest BCUT2D eigenvalue weighted by molar-refractivity contribution is 0.112. The van der Waals surface area contributed by atoms with Crippen LogP contribution >= 0.6 is 0 Å². The topological polar surface area (TPSA) is 34.1 Å². The fourth-order valence-corrected chi connectivity index (χ4v) is 1.85. The van der Waals surface area contributed by atoms with Gasteiger partial charge in [0.1, 0.15) is 0 Å². The molecule has 0 spiro atoms. The molecule has 1 fully saturated rings. The molecule has 1 saturated carbocycles. The molecule has 0 unspecified atom stereocenters. The van der Waals surface area contributed by atoms with Crippen molar-refractivity contribution in [2.75, 3.05) is 6.61 Å². The third kappa shape index (κ3) is 6.17. The van der Waals surface area contributed by atoms with Crippen LogP contribution in [0.3, 0.4) is 0 Å². The maximum absolute atomic E-state index is 5.65. The Morgan fingerprint density at radius 1 is 1.32 bits per heavy atom. The van der Waals surface area contributed by atoms with Crippen LogP contribution in [0.15, 0.2) is 18.3 Å². The highest BCUT2D eigenvalue weighted by Gasteiger charge is 2.20. The average Bonchev–Trinajstić information content (AvgIpc) is 3.17. The van der Waals surface area contributed by atoms with Crippen LogP contribution in [-0.2, 0) is 17.9 Å². The molecular formula is C16H26N2O. The number of nitrogens with zero attached hydrogens (tertiary/aromatic N) is 1. The Morgan fingerprint density at radius 3 is 2.68 bits per heavy atom. The largest absolute Gasteiger partial charge is 0.375 e. The van der Waals surface area contributed by atoms with Gasteiger partial charge >= 0.3 is 0 Å². The van der Waals surface area contributed by atoms with Crippen LogP contribution in [0.25, 0.3) is 0 Å². The zero-order valence-electron chi connectivity index (χ0n) is 12.4. The van der Waals surface area contributed by atoms with Gasteiger partial charge < -0.3 is 10.1 Å². The second-order valence-corrected chi connectivity index (χ2v) is 6.55. The van der Waals surface area contributed by atoms with Crippen molar-refractivity contribution in [1.29, 1.82) is 0 Å². The van der Waals surface area contributed by atoms with Crippen molar-refractivity contribution in [3.8, 4) is 0 Å². The summed E-state index contributed by atoms with van der Waals surface area (Å²) in [6.07, 6.45) is 5.96. The standard InChI is InChI=1S/C16H26N2O/c1-16(2,3)18-11-14-6-7-15(17-10-14)12-19-9-8-13-4-5-13/h6-7,10,13,18H,4-5,8-9,11-12H2,1-3H3. The zero-order chi connectivity index (χ0) is 13.7. The highest BCUT2D eigenvalue weighted by atomic mass is 16.5. The lowest BCUT2D eigenvalue weighted by Crippen LogP contribution is -2.35. The Bertz CT molecular complexity index is 377. The van der Waals surface area contributed by atoms with Gasteiger partial charge in [-0.2, -0.15) is 0 Å². The SMILES string of the molecule is CC(C)(C)NCc1ccc(COCCC2CC2)nc1. The molecule has 1 heterocycles. The van der Waals surface area contributed by atoms with Gasteiger partial charge in [0.2, 0.25) is 0 Å². The molecule has 0 saturated heterocycles. The number of hydrogen-bond acceptors (Lipinski definition) is 3. The highest BCUT2D eigenvalue weighted by Crippen LogP contribution is 2.32. The van der Waals surface area contributed by atoms with Crippen LogP contribution in [0.2, 0.25) is 0 Å². The first-order valence-electron chi connectivity index (χ1n) is 7.29. The number of aromatic nitrogens is 1. The average molecular weight is 262 g/mol. The number of nitrogens with one attached hydrogen (secondary N) is 1. The van der Waals surface area contributed by atoms with Crippen molar-refractivity contribution in [2.45, 2.75) is 58.7 Å². The second-order valence-electron chi connectivity index (χ2n) is 6.55. The first kappa shape index (κ1) is 14.5. The maximum atomic E-state index is 5.65. The van der Waals surface area contributed by atoms with E-state index in [4.69, 9.17) is 4.74 Å². The van der Waals surface area contributed by atoms with Crippen molar-refractivity contribution in [2.24, 2.45) is 5.92 Å². The smallest absolute Gasteiger partial charge is 0.0887 e. The van der Waals surface area contributed by atoms with Gasteiger partial charge in [0.15, 0.2) is 0 Å². The molecule has 106 valence electrons. The van der Waals surface area contributed by atoms with Gasteiger partial charge in [-0.25, -0.2) is 0 Å². The van der Waals surface area contributed by atoms with Crippen LogP contribution in [0.4, 0.5) is 0 Å². The predicted molar refractivity (Wildman–Crippen MR) is 77.8 cm³/mol. The maximum Gasteiger partial charge on any atom is 0.0887 e. The van der Waals surface area contributed by atoms with Crippen molar-refractivity contribution < 1.29 is 4.74 Å². The van der Waals surface area contributed by atoms with Crippen LogP contribution in [0.5, 0.6) is 0 Å². The van der Waals surface area contributed by atoms with Crippen molar-refractivity contribution in [3.63, 3.8) is 0 Å². The number of pyridine rings is 1. The molecule has 1 aromatic heterocycles. The van der Waals surface area contributed by atoms with Gasteiger partial charge in [0.05, 0.1) is 12.3 Å². The molecule has 0 bridgehead atoms. The molecule has 1 N–H and O–H groups in total. The summed E-state index contributed by atoms with van der Waals surface area (Å²) in [5, 5.41) is 3.46. The number of rotatable bonds is 7. The summed E-state index contributed by atoms with van der Waals surface area (Å²) in [5.41, 5.74) is 2.39. The molecule has 0 aliphatic heterocycles. The van der Waals surface area contributed by atoms with Gasteiger partial charge in [-0.05, 0) is 44.7 Å². The molecule has 1 aromatic rings. The summed E-state index contributed by atoms with van der Waals surface area (Å²) in [5.74, 6) is 0.943. The summed E-state index contributed by atoms with van der Waals surface area (Å²) in [4.78, 5) is 4.45. The number of ether oxygens (including phenoxy) is 1. The molecule has 3 heteroatoms. The first-order valence-corrected chi connectivity index (χ1v) is 7.29. The predicted octanol–water partition coefficient (Wildman–Crippen LogP) is 3.29. The molecule has 0 atom stereocenters. The van der Waals surface area contributed by atoms with Crippen LogP contribution in [-0.4, -0.2) is 17.1 Å². The Kier molecular flexibility index (Phi) is 4.94. The van der Waals surface area contributed by atoms with E-state index in [1.54, 1.807) is 0 Å². The molecule has 0 amide bonds. The minimum atomic E-state index is 0.143. The van der Waals surface area contributed by atoms with Gasteiger partial charge in [-0.1, -0.05) is 18.9 Å². The molecular weight excluding hydrogens is 236 g/mol. The number of hydrogen-bond donors (Lipinski definition) is 1. The molecule has 19 heavy (non-hydrogen) atoms. The van der Waals surface area contributed by atoms with E-state index in [0.29, 0.717) is 6.61 Å². The molecule has 0 aromatic carbocycles. The Balaban J connectivity index is 1.68.